The Labute approximate surface area is 183 Å². The molecule has 1 heterocycles. The van der Waals surface area contributed by atoms with Gasteiger partial charge in [0.1, 0.15) is 0 Å². The van der Waals surface area contributed by atoms with Crippen molar-refractivity contribution in [2.24, 2.45) is 22.7 Å². The van der Waals surface area contributed by atoms with Crippen LogP contribution in [0.3, 0.4) is 0 Å². The van der Waals surface area contributed by atoms with Crippen LogP contribution in [-0.2, 0) is 10.0 Å². The molecule has 0 aromatic carbocycles. The van der Waals surface area contributed by atoms with Gasteiger partial charge in [-0.1, -0.05) is 19.8 Å². The van der Waals surface area contributed by atoms with E-state index < -0.39 is 15.5 Å². The first kappa shape index (κ1) is 25.7. The van der Waals surface area contributed by atoms with E-state index in [0.29, 0.717) is 35.6 Å². The number of aliphatic imine (C=N–C) groups is 1. The second-order valence-electron chi connectivity index (χ2n) is 7.77. The first-order valence-electron chi connectivity index (χ1n) is 9.64. The summed E-state index contributed by atoms with van der Waals surface area (Å²) in [5.41, 5.74) is -5.22. The molecule has 0 aromatic rings. The van der Waals surface area contributed by atoms with E-state index in [1.165, 1.54) is 25.7 Å². The quantitative estimate of drug-likeness (QED) is 0.320. The topological polar surface area (TPSA) is 73.8 Å². The summed E-state index contributed by atoms with van der Waals surface area (Å²) in [4.78, 5) is 4.20. The zero-order valence-electron chi connectivity index (χ0n) is 16.5. The van der Waals surface area contributed by atoms with Crippen molar-refractivity contribution in [3.05, 3.63) is 0 Å². The van der Waals surface area contributed by atoms with Gasteiger partial charge in [0.25, 0.3) is 0 Å². The van der Waals surface area contributed by atoms with Gasteiger partial charge >= 0.3 is 15.5 Å². The van der Waals surface area contributed by atoms with Crippen molar-refractivity contribution in [3.8, 4) is 0 Å². The molecule has 2 unspecified atom stereocenters. The highest BCUT2D eigenvalue weighted by Gasteiger charge is 2.50. The number of sulfonamides is 1. The summed E-state index contributed by atoms with van der Waals surface area (Å²) >= 11 is 0. The largest absolute Gasteiger partial charge is 0.511 e. The summed E-state index contributed by atoms with van der Waals surface area (Å²) < 4.78 is 61.3. The molecule has 0 amide bonds. The third-order valence-corrected chi connectivity index (χ3v) is 7.22. The van der Waals surface area contributed by atoms with E-state index >= 15 is 0 Å². The van der Waals surface area contributed by atoms with E-state index in [2.05, 4.69) is 22.5 Å². The Hall–Kier alpha value is -0.300. The number of nitrogens with one attached hydrogen (secondary N) is 2. The Kier molecular flexibility index (Phi) is 10.3. The molecule has 6 nitrogen and oxygen atoms in total. The average molecular weight is 540 g/mol. The van der Waals surface area contributed by atoms with Crippen molar-refractivity contribution in [2.75, 3.05) is 33.2 Å². The second-order valence-corrected chi connectivity index (χ2v) is 9.69. The van der Waals surface area contributed by atoms with Gasteiger partial charge in [-0.25, -0.2) is 8.42 Å². The number of hydrogen-bond acceptors (Lipinski definition) is 3. The number of alkyl halides is 3. The van der Waals surface area contributed by atoms with E-state index in [0.717, 1.165) is 12.5 Å². The summed E-state index contributed by atoms with van der Waals surface area (Å²) in [5, 5.41) is 6.56. The van der Waals surface area contributed by atoms with Crippen LogP contribution in [0.15, 0.2) is 4.99 Å². The molecule has 0 bridgehead atoms. The summed E-state index contributed by atoms with van der Waals surface area (Å²) in [6.45, 7) is 3.53. The van der Waals surface area contributed by atoms with Crippen LogP contribution in [0.2, 0.25) is 0 Å². The van der Waals surface area contributed by atoms with Crippen LogP contribution >= 0.6 is 24.0 Å². The molecule has 2 fully saturated rings. The first-order chi connectivity index (χ1) is 12.6. The molecule has 1 saturated carbocycles. The number of hydrogen-bond donors (Lipinski definition) is 2. The van der Waals surface area contributed by atoms with E-state index in [9.17, 15) is 21.6 Å². The Morgan fingerprint density at radius 2 is 1.64 bits per heavy atom. The highest BCUT2D eigenvalue weighted by atomic mass is 127. The van der Waals surface area contributed by atoms with Crippen LogP contribution in [0.1, 0.15) is 45.4 Å². The van der Waals surface area contributed by atoms with Gasteiger partial charge in [0.15, 0.2) is 5.96 Å². The van der Waals surface area contributed by atoms with Crippen molar-refractivity contribution in [2.45, 2.75) is 51.0 Å². The zero-order chi connectivity index (χ0) is 20.1. The molecule has 11 heteroatoms. The maximum absolute atomic E-state index is 12.6. The van der Waals surface area contributed by atoms with Crippen molar-refractivity contribution in [1.82, 2.24) is 14.9 Å². The number of nitrogens with zero attached hydrogens (tertiary/aromatic N) is 2. The number of halogens is 4. The molecular weight excluding hydrogens is 508 g/mol. The third-order valence-electron chi connectivity index (χ3n) is 5.59. The molecule has 1 aliphatic carbocycles. The molecule has 1 saturated heterocycles. The lowest BCUT2D eigenvalue weighted by Crippen LogP contribution is -2.47. The van der Waals surface area contributed by atoms with Gasteiger partial charge in [-0.15, -0.1) is 24.0 Å². The fourth-order valence-electron chi connectivity index (χ4n) is 3.95. The molecule has 2 aliphatic rings. The Morgan fingerprint density at radius 3 is 2.14 bits per heavy atom. The molecule has 166 valence electrons. The molecule has 0 aromatic heterocycles. The van der Waals surface area contributed by atoms with Gasteiger partial charge in [-0.2, -0.15) is 17.5 Å². The molecule has 2 atom stereocenters. The number of rotatable bonds is 5. The number of guanidine groups is 1. The van der Waals surface area contributed by atoms with Crippen LogP contribution in [0.4, 0.5) is 13.2 Å². The first-order valence-corrected chi connectivity index (χ1v) is 11.1. The van der Waals surface area contributed by atoms with Crippen molar-refractivity contribution in [3.63, 3.8) is 0 Å². The molecule has 2 N–H and O–H groups in total. The van der Waals surface area contributed by atoms with Gasteiger partial charge < -0.3 is 10.6 Å². The van der Waals surface area contributed by atoms with Crippen LogP contribution < -0.4 is 10.6 Å². The van der Waals surface area contributed by atoms with Gasteiger partial charge in [-0.05, 0) is 43.4 Å². The summed E-state index contributed by atoms with van der Waals surface area (Å²) in [5.74, 6) is 2.22. The van der Waals surface area contributed by atoms with Crippen molar-refractivity contribution >= 4 is 40.0 Å². The summed E-state index contributed by atoms with van der Waals surface area (Å²) in [6, 6.07) is 0. The molecule has 1 aliphatic heterocycles. The Bertz CT molecular complexity index is 608. The fourth-order valence-corrected chi connectivity index (χ4v) is 4.93. The summed E-state index contributed by atoms with van der Waals surface area (Å²) in [7, 11) is -3.52. The van der Waals surface area contributed by atoms with Crippen LogP contribution in [0.25, 0.3) is 0 Å². The van der Waals surface area contributed by atoms with Gasteiger partial charge in [-0.3, -0.25) is 4.99 Å². The van der Waals surface area contributed by atoms with E-state index in [1.54, 1.807) is 7.05 Å². The maximum Gasteiger partial charge on any atom is 0.511 e. The van der Waals surface area contributed by atoms with Crippen molar-refractivity contribution < 1.29 is 21.6 Å². The zero-order valence-corrected chi connectivity index (χ0v) is 19.6. The van der Waals surface area contributed by atoms with Crippen LogP contribution in [-0.4, -0.2) is 57.4 Å². The molecule has 0 radical (unpaired) electrons. The monoisotopic (exact) mass is 540 g/mol. The van der Waals surface area contributed by atoms with Gasteiger partial charge in [0, 0.05) is 33.2 Å². The second kappa shape index (κ2) is 11.2. The highest BCUT2D eigenvalue weighted by Crippen LogP contribution is 2.30. The lowest BCUT2D eigenvalue weighted by Gasteiger charge is -2.32. The maximum atomic E-state index is 12.6. The van der Waals surface area contributed by atoms with Gasteiger partial charge in [0.05, 0.1) is 0 Å². The molecular formula is C17H32F3IN4O2S. The minimum Gasteiger partial charge on any atom is -0.356 e. The average Bonchev–Trinajstić information content (AvgIpc) is 2.61. The predicted molar refractivity (Wildman–Crippen MR) is 115 cm³/mol. The van der Waals surface area contributed by atoms with E-state index in [1.807, 2.05) is 0 Å². The van der Waals surface area contributed by atoms with Gasteiger partial charge in [0.2, 0.25) is 0 Å². The van der Waals surface area contributed by atoms with Crippen molar-refractivity contribution in [1.29, 1.82) is 0 Å². The van der Waals surface area contributed by atoms with E-state index in [-0.39, 0.29) is 43.0 Å². The minimum atomic E-state index is -5.22. The minimum absolute atomic E-state index is 0. The van der Waals surface area contributed by atoms with Crippen LogP contribution in [0, 0.1) is 17.8 Å². The summed E-state index contributed by atoms with van der Waals surface area (Å²) in [6.07, 6.45) is 5.81. The molecule has 0 spiro atoms. The van der Waals surface area contributed by atoms with E-state index in [4.69, 9.17) is 0 Å². The number of piperidine rings is 1. The lowest BCUT2D eigenvalue weighted by molar-refractivity contribution is -0.0496. The fraction of sp³-hybridized carbons (Fsp3) is 0.941. The smallest absolute Gasteiger partial charge is 0.356 e. The Balaban J connectivity index is 0.00000392. The molecule has 28 heavy (non-hydrogen) atoms. The lowest BCUT2D eigenvalue weighted by atomic mass is 9.82. The Morgan fingerprint density at radius 1 is 1.07 bits per heavy atom. The SMILES string of the molecule is CN=C(NCC1CCN(S(=O)(=O)C(F)(F)F)CC1)NCC1CCCC(C)C1.I. The predicted octanol–water partition coefficient (Wildman–Crippen LogP) is 3.16. The normalized spacial score (nSPS) is 25.8. The highest BCUT2D eigenvalue weighted by molar-refractivity contribution is 14.0. The molecule has 2 rings (SSSR count). The third kappa shape index (κ3) is 7.19. The standard InChI is InChI=1S/C17H31F3N4O2S.HI/c1-13-4-3-5-15(10-13)12-23-16(21-2)22-11-14-6-8-24(9-7-14)27(25,26)17(18,19)20;/h13-15H,3-12H2,1-2H3,(H2,21,22,23);1H. The van der Waals surface area contributed by atoms with Crippen LogP contribution in [0.5, 0.6) is 0 Å².